The molecule has 0 spiro atoms. The van der Waals surface area contributed by atoms with E-state index in [4.69, 9.17) is 0 Å². The molecule has 0 aromatic heterocycles. The van der Waals surface area contributed by atoms with E-state index < -0.39 is 0 Å². The van der Waals surface area contributed by atoms with Gasteiger partial charge in [0.05, 0.1) is 0 Å². The van der Waals surface area contributed by atoms with E-state index in [2.05, 4.69) is 42.5 Å². The van der Waals surface area contributed by atoms with Gasteiger partial charge in [-0.1, -0.05) is 0 Å². The number of benzene rings is 3. The molecule has 1 N–H and O–H groups in total. The molecule has 3 rings (SSSR count). The summed E-state index contributed by atoms with van der Waals surface area (Å²) in [5, 5.41) is 13.6. The second-order valence-corrected chi connectivity index (χ2v) is 7.04. The van der Waals surface area contributed by atoms with Crippen molar-refractivity contribution in [3.63, 3.8) is 0 Å². The van der Waals surface area contributed by atoms with Crippen molar-refractivity contribution in [3.8, 4) is 0 Å². The van der Waals surface area contributed by atoms with Gasteiger partial charge in [0.15, 0.2) is 0 Å². The van der Waals surface area contributed by atoms with Gasteiger partial charge in [0.25, 0.3) is 0 Å². The zero-order valence-corrected chi connectivity index (χ0v) is 12.8. The summed E-state index contributed by atoms with van der Waals surface area (Å²) in [4.78, 5) is 0. The third-order valence-corrected chi connectivity index (χ3v) is 5.56. The van der Waals surface area contributed by atoms with Crippen molar-refractivity contribution in [1.29, 1.82) is 0 Å². The van der Waals surface area contributed by atoms with E-state index in [0.29, 0.717) is 15.0 Å². The maximum absolute atomic E-state index is 10.2. The molecule has 0 aliphatic rings. The minimum atomic E-state index is -0.359. The normalized spacial score (nSPS) is 12.4. The fraction of sp³-hybridized carbons (Fsp3) is 0.111. The molecule has 0 aliphatic heterocycles. The van der Waals surface area contributed by atoms with Crippen molar-refractivity contribution in [2.24, 2.45) is 0 Å². The van der Waals surface area contributed by atoms with E-state index in [1.807, 2.05) is 30.3 Å². The van der Waals surface area contributed by atoms with Crippen molar-refractivity contribution in [1.82, 2.24) is 0 Å². The van der Waals surface area contributed by atoms with E-state index in [1.54, 1.807) is 0 Å². The molecule has 0 heterocycles. The minimum absolute atomic E-state index is 0.291. The summed E-state index contributed by atoms with van der Waals surface area (Å²) in [5.74, 6) is 0. The number of rotatable bonds is 4. The number of hydrogen-bond acceptors (Lipinski definition) is 1. The second kappa shape index (κ2) is 6.23. The molecule has 0 aliphatic carbocycles. The van der Waals surface area contributed by atoms with Crippen LogP contribution < -0.4 is 4.46 Å². The molecule has 0 radical (unpaired) electrons. The van der Waals surface area contributed by atoms with Gasteiger partial charge in [0.1, 0.15) is 0 Å². The summed E-state index contributed by atoms with van der Waals surface area (Å²) in [6.45, 7) is 0. The van der Waals surface area contributed by atoms with Gasteiger partial charge in [-0.25, -0.2) is 0 Å². The van der Waals surface area contributed by atoms with Gasteiger partial charge in [0, 0.05) is 0 Å². The van der Waals surface area contributed by atoms with Gasteiger partial charge in [0.2, 0.25) is 0 Å². The number of aliphatic hydroxyl groups excluding tert-OH is 1. The van der Waals surface area contributed by atoms with Crippen LogP contribution in [-0.2, 0) is 0 Å². The zero-order valence-electron chi connectivity index (χ0n) is 11.1. The molecule has 1 nitrogen and oxygen atoms in total. The molecule has 0 bridgehead atoms. The van der Waals surface area contributed by atoms with Gasteiger partial charge < -0.3 is 0 Å². The quantitative estimate of drug-likeness (QED) is 0.729. The van der Waals surface area contributed by atoms with E-state index in [1.165, 1.54) is 15.2 Å². The molecule has 0 saturated carbocycles. The van der Waals surface area contributed by atoms with Crippen molar-refractivity contribution >= 4 is 30.2 Å². The van der Waals surface area contributed by atoms with Gasteiger partial charge in [-0.3, -0.25) is 0 Å². The third-order valence-electron chi connectivity index (χ3n) is 3.31. The monoisotopic (exact) mass is 328 g/mol. The van der Waals surface area contributed by atoms with Crippen molar-refractivity contribution in [2.45, 2.75) is 11.4 Å². The Morgan fingerprint density at radius 1 is 0.800 bits per heavy atom. The molecule has 2 heteroatoms. The first-order valence-electron chi connectivity index (χ1n) is 6.67. The van der Waals surface area contributed by atoms with E-state index in [9.17, 15) is 5.11 Å². The summed E-state index contributed by atoms with van der Waals surface area (Å²) in [6, 6.07) is 24.9. The number of fused-ring (bicyclic) bond motifs is 1. The van der Waals surface area contributed by atoms with Crippen LogP contribution in [-0.4, -0.2) is 20.1 Å². The van der Waals surface area contributed by atoms with Crippen LogP contribution in [0.3, 0.4) is 0 Å². The average molecular weight is 327 g/mol. The fourth-order valence-corrected chi connectivity index (χ4v) is 4.13. The average Bonchev–Trinajstić information content (AvgIpc) is 2.53. The summed E-state index contributed by atoms with van der Waals surface area (Å²) >= 11 is 0.291. The molecule has 3 aromatic carbocycles. The predicted molar refractivity (Wildman–Crippen MR) is 85.5 cm³/mol. The summed E-state index contributed by atoms with van der Waals surface area (Å²) < 4.78 is 1.34. The standard InChI is InChI=1S/C18H16OSe/c19-18(15-7-2-1-3-8-15)13-20-17-11-10-14-6-4-5-9-16(14)12-17/h1-12,18-19H,13H2. The van der Waals surface area contributed by atoms with Crippen LogP contribution in [0.5, 0.6) is 0 Å². The van der Waals surface area contributed by atoms with Gasteiger partial charge >= 0.3 is 125 Å². The molecular formula is C18H16OSe. The van der Waals surface area contributed by atoms with E-state index in [0.717, 1.165) is 10.9 Å². The molecular weight excluding hydrogens is 311 g/mol. The molecule has 100 valence electrons. The molecule has 1 atom stereocenters. The predicted octanol–water partition coefficient (Wildman–Crippen LogP) is 3.32. The first-order valence-corrected chi connectivity index (χ1v) is 8.74. The number of hydrogen-bond donors (Lipinski definition) is 1. The van der Waals surface area contributed by atoms with Crippen LogP contribution in [0.1, 0.15) is 11.7 Å². The first-order chi connectivity index (χ1) is 9.83. The molecule has 1 unspecified atom stereocenters. The Bertz CT molecular complexity index is 694. The molecule has 0 fully saturated rings. The van der Waals surface area contributed by atoms with Gasteiger partial charge in [-0.15, -0.1) is 0 Å². The zero-order chi connectivity index (χ0) is 13.8. The topological polar surface area (TPSA) is 20.2 Å². The molecule has 0 amide bonds. The Balaban J connectivity index is 1.70. The SMILES string of the molecule is OC(C[Se]c1ccc2ccccc2c1)c1ccccc1. The maximum atomic E-state index is 10.2. The fourth-order valence-electron chi connectivity index (χ4n) is 2.20. The van der Waals surface area contributed by atoms with Crippen LogP contribution in [0.2, 0.25) is 5.32 Å². The summed E-state index contributed by atoms with van der Waals surface area (Å²) in [6.07, 6.45) is -0.359. The molecule has 3 aromatic rings. The summed E-state index contributed by atoms with van der Waals surface area (Å²) in [5.41, 5.74) is 1.01. The Hall–Kier alpha value is -1.60. The Kier molecular flexibility index (Phi) is 4.17. The third kappa shape index (κ3) is 3.10. The van der Waals surface area contributed by atoms with Crippen molar-refractivity contribution in [3.05, 3.63) is 78.4 Å². The second-order valence-electron chi connectivity index (χ2n) is 4.75. The van der Waals surface area contributed by atoms with Gasteiger partial charge in [-0.2, -0.15) is 0 Å². The van der Waals surface area contributed by atoms with Crippen LogP contribution in [0, 0.1) is 0 Å². The van der Waals surface area contributed by atoms with Crippen LogP contribution >= 0.6 is 0 Å². The Labute approximate surface area is 125 Å². The Morgan fingerprint density at radius 2 is 1.50 bits per heavy atom. The molecule has 0 saturated heterocycles. The summed E-state index contributed by atoms with van der Waals surface area (Å²) in [7, 11) is 0. The van der Waals surface area contributed by atoms with Crippen LogP contribution in [0.25, 0.3) is 10.8 Å². The van der Waals surface area contributed by atoms with E-state index in [-0.39, 0.29) is 6.10 Å². The molecule has 20 heavy (non-hydrogen) atoms. The van der Waals surface area contributed by atoms with Crippen molar-refractivity contribution < 1.29 is 5.11 Å². The van der Waals surface area contributed by atoms with Crippen molar-refractivity contribution in [2.75, 3.05) is 0 Å². The van der Waals surface area contributed by atoms with Gasteiger partial charge in [-0.05, 0) is 0 Å². The number of aliphatic hydroxyl groups is 1. The Morgan fingerprint density at radius 3 is 2.30 bits per heavy atom. The van der Waals surface area contributed by atoms with E-state index >= 15 is 0 Å². The first kappa shape index (κ1) is 13.4. The van der Waals surface area contributed by atoms with Crippen LogP contribution in [0.4, 0.5) is 0 Å². The van der Waals surface area contributed by atoms with Crippen LogP contribution in [0.15, 0.2) is 72.8 Å².